The lowest BCUT2D eigenvalue weighted by atomic mass is 9.93. The molecule has 0 unspecified atom stereocenters. The maximum absolute atomic E-state index is 12.1. The van der Waals surface area contributed by atoms with Gasteiger partial charge in [0, 0.05) is 19.6 Å². The third-order valence-electron chi connectivity index (χ3n) is 4.73. The number of amides is 1. The predicted molar refractivity (Wildman–Crippen MR) is 105 cm³/mol. The molecule has 150 valence electrons. The van der Waals surface area contributed by atoms with Gasteiger partial charge < -0.3 is 14.7 Å². The van der Waals surface area contributed by atoms with Gasteiger partial charge in [-0.2, -0.15) is 0 Å². The molecule has 0 spiro atoms. The fourth-order valence-electron chi connectivity index (χ4n) is 3.34. The van der Waals surface area contributed by atoms with Crippen LogP contribution < -0.4 is 0 Å². The van der Waals surface area contributed by atoms with E-state index < -0.39 is 11.6 Å². The Labute approximate surface area is 162 Å². The summed E-state index contributed by atoms with van der Waals surface area (Å²) in [7, 11) is 0. The van der Waals surface area contributed by atoms with E-state index in [9.17, 15) is 14.7 Å². The zero-order valence-electron chi connectivity index (χ0n) is 16.7. The van der Waals surface area contributed by atoms with Gasteiger partial charge in [-0.1, -0.05) is 30.3 Å². The molecule has 1 saturated heterocycles. The fraction of sp³-hybridized carbons (Fsp3) is 0.619. The van der Waals surface area contributed by atoms with Gasteiger partial charge in [-0.25, -0.2) is 4.79 Å². The average Bonchev–Trinajstić information content (AvgIpc) is 2.59. The molecule has 6 heteroatoms. The van der Waals surface area contributed by atoms with E-state index in [1.807, 2.05) is 56.0 Å². The molecule has 1 N–H and O–H groups in total. The molecular weight excluding hydrogens is 344 g/mol. The molecule has 0 bridgehead atoms. The number of benzene rings is 1. The van der Waals surface area contributed by atoms with E-state index in [0.717, 1.165) is 31.4 Å². The van der Waals surface area contributed by atoms with Crippen LogP contribution in [-0.4, -0.2) is 58.7 Å². The first-order valence-corrected chi connectivity index (χ1v) is 9.69. The van der Waals surface area contributed by atoms with Crippen molar-refractivity contribution in [3.63, 3.8) is 0 Å². The van der Waals surface area contributed by atoms with Crippen molar-refractivity contribution in [2.45, 2.75) is 52.2 Å². The third-order valence-corrected chi connectivity index (χ3v) is 4.73. The molecule has 1 fully saturated rings. The first-order valence-electron chi connectivity index (χ1n) is 9.69. The fourth-order valence-corrected chi connectivity index (χ4v) is 3.34. The van der Waals surface area contributed by atoms with Crippen LogP contribution in [0.25, 0.3) is 0 Å². The molecule has 0 aliphatic carbocycles. The lowest BCUT2D eigenvalue weighted by molar-refractivity contribution is -0.138. The highest BCUT2D eigenvalue weighted by molar-refractivity contribution is 5.69. The topological polar surface area (TPSA) is 70.1 Å². The molecule has 2 rings (SSSR count). The Hall–Kier alpha value is -2.08. The van der Waals surface area contributed by atoms with Crippen molar-refractivity contribution in [3.8, 4) is 0 Å². The number of likely N-dealkylation sites (tertiary alicyclic amines) is 1. The highest BCUT2D eigenvalue weighted by Crippen LogP contribution is 2.23. The monoisotopic (exact) mass is 376 g/mol. The van der Waals surface area contributed by atoms with Crippen LogP contribution >= 0.6 is 0 Å². The van der Waals surface area contributed by atoms with Crippen LogP contribution in [0.15, 0.2) is 30.3 Å². The molecule has 1 amide bonds. The van der Waals surface area contributed by atoms with Crippen LogP contribution in [0.2, 0.25) is 0 Å². The van der Waals surface area contributed by atoms with Crippen LogP contribution in [0, 0.1) is 5.92 Å². The summed E-state index contributed by atoms with van der Waals surface area (Å²) in [6, 6.07) is 9.95. The summed E-state index contributed by atoms with van der Waals surface area (Å²) in [5.41, 5.74) is 0.654. The molecule has 6 nitrogen and oxygen atoms in total. The Kier molecular flexibility index (Phi) is 7.66. The molecular formula is C21H32N2O4. The summed E-state index contributed by atoms with van der Waals surface area (Å²) in [6.45, 7) is 8.48. The van der Waals surface area contributed by atoms with Crippen LogP contribution in [0.3, 0.4) is 0 Å². The van der Waals surface area contributed by atoms with E-state index in [4.69, 9.17) is 4.74 Å². The minimum Gasteiger partial charge on any atom is -0.480 e. The number of rotatable bonds is 7. The Morgan fingerprint density at radius 3 is 2.37 bits per heavy atom. The quantitative estimate of drug-likeness (QED) is 0.787. The van der Waals surface area contributed by atoms with Gasteiger partial charge in [0.05, 0.1) is 6.54 Å². The average molecular weight is 376 g/mol. The second-order valence-electron chi connectivity index (χ2n) is 8.29. The number of nitrogens with zero attached hydrogens (tertiary/aromatic N) is 2. The highest BCUT2D eigenvalue weighted by Gasteiger charge is 2.27. The standard InChI is InChI=1S/C21H32N2O4/c1-21(2,3)27-20(26)23-13-10-17(11-14-23)9-12-22(16-19(24)25)15-18-7-5-4-6-8-18/h4-8,17H,9-16H2,1-3H3,(H,24,25). The first-order chi connectivity index (χ1) is 12.7. The molecule has 1 aromatic rings. The molecule has 0 atom stereocenters. The van der Waals surface area contributed by atoms with Gasteiger partial charge in [0.15, 0.2) is 0 Å². The number of hydrogen-bond donors (Lipinski definition) is 1. The van der Waals surface area contributed by atoms with E-state index >= 15 is 0 Å². The Morgan fingerprint density at radius 1 is 1.19 bits per heavy atom. The number of carboxylic acids is 1. The van der Waals surface area contributed by atoms with Crippen molar-refractivity contribution in [1.82, 2.24) is 9.80 Å². The second-order valence-corrected chi connectivity index (χ2v) is 8.29. The van der Waals surface area contributed by atoms with Crippen molar-refractivity contribution in [2.75, 3.05) is 26.2 Å². The largest absolute Gasteiger partial charge is 0.480 e. The molecule has 1 aromatic carbocycles. The van der Waals surface area contributed by atoms with Gasteiger partial charge in [-0.15, -0.1) is 0 Å². The molecule has 0 aromatic heterocycles. The van der Waals surface area contributed by atoms with Crippen molar-refractivity contribution >= 4 is 12.1 Å². The summed E-state index contributed by atoms with van der Waals surface area (Å²) < 4.78 is 5.43. The van der Waals surface area contributed by atoms with Gasteiger partial charge in [0.1, 0.15) is 5.60 Å². The molecule has 27 heavy (non-hydrogen) atoms. The molecule has 1 aliphatic rings. The number of carbonyl (C=O) groups is 2. The zero-order valence-corrected chi connectivity index (χ0v) is 16.7. The third kappa shape index (κ3) is 7.99. The van der Waals surface area contributed by atoms with Crippen molar-refractivity contribution in [2.24, 2.45) is 5.92 Å². The van der Waals surface area contributed by atoms with Crippen LogP contribution in [0.5, 0.6) is 0 Å². The van der Waals surface area contributed by atoms with E-state index in [1.165, 1.54) is 0 Å². The zero-order chi connectivity index (χ0) is 19.9. The van der Waals surface area contributed by atoms with Gasteiger partial charge >= 0.3 is 12.1 Å². The van der Waals surface area contributed by atoms with E-state index in [2.05, 4.69) is 0 Å². The second kappa shape index (κ2) is 9.74. The smallest absolute Gasteiger partial charge is 0.410 e. The SMILES string of the molecule is CC(C)(C)OC(=O)N1CCC(CCN(CC(=O)O)Cc2ccccc2)CC1. The minimum absolute atomic E-state index is 0.0473. The number of carbonyl (C=O) groups excluding carboxylic acids is 1. The van der Waals surface area contributed by atoms with E-state index in [1.54, 1.807) is 4.90 Å². The van der Waals surface area contributed by atoms with E-state index in [0.29, 0.717) is 25.6 Å². The normalized spacial score (nSPS) is 15.8. The van der Waals surface area contributed by atoms with Crippen molar-refractivity contribution in [3.05, 3.63) is 35.9 Å². The van der Waals surface area contributed by atoms with E-state index in [-0.39, 0.29) is 12.6 Å². The van der Waals surface area contributed by atoms with Crippen molar-refractivity contribution < 1.29 is 19.4 Å². The molecule has 1 heterocycles. The van der Waals surface area contributed by atoms with Gasteiger partial charge in [-0.05, 0) is 58.1 Å². The lowest BCUT2D eigenvalue weighted by Gasteiger charge is -2.34. The Balaban J connectivity index is 1.79. The maximum Gasteiger partial charge on any atom is 0.410 e. The van der Waals surface area contributed by atoms with Crippen LogP contribution in [0.1, 0.15) is 45.6 Å². The first kappa shape index (κ1) is 21.2. The predicted octanol–water partition coefficient (Wildman–Crippen LogP) is 3.61. The Bertz CT molecular complexity index is 604. The molecule has 1 aliphatic heterocycles. The van der Waals surface area contributed by atoms with Crippen molar-refractivity contribution in [1.29, 1.82) is 0 Å². The Morgan fingerprint density at radius 2 is 1.81 bits per heavy atom. The number of aliphatic carboxylic acids is 1. The van der Waals surface area contributed by atoms with Gasteiger partial charge in [-0.3, -0.25) is 9.69 Å². The maximum atomic E-state index is 12.1. The molecule has 0 saturated carbocycles. The number of hydrogen-bond acceptors (Lipinski definition) is 4. The van der Waals surface area contributed by atoms with Crippen LogP contribution in [0.4, 0.5) is 4.79 Å². The summed E-state index contributed by atoms with van der Waals surface area (Å²) in [4.78, 5) is 27.1. The highest BCUT2D eigenvalue weighted by atomic mass is 16.6. The lowest BCUT2D eigenvalue weighted by Crippen LogP contribution is -2.42. The summed E-state index contributed by atoms with van der Waals surface area (Å²) in [6.07, 6.45) is 2.58. The van der Waals surface area contributed by atoms with Gasteiger partial charge in [0.25, 0.3) is 0 Å². The summed E-state index contributed by atoms with van der Waals surface area (Å²) in [5.74, 6) is -0.290. The number of carboxylic acid groups (broad SMARTS) is 1. The van der Waals surface area contributed by atoms with Gasteiger partial charge in [0.2, 0.25) is 0 Å². The number of piperidine rings is 1. The summed E-state index contributed by atoms with van der Waals surface area (Å²) >= 11 is 0. The van der Waals surface area contributed by atoms with Crippen LogP contribution in [-0.2, 0) is 16.1 Å². The molecule has 0 radical (unpaired) electrons. The number of ether oxygens (including phenoxy) is 1. The minimum atomic E-state index is -0.800. The summed E-state index contributed by atoms with van der Waals surface area (Å²) in [5, 5.41) is 9.19.